The average molecular weight is 251 g/mol. The van der Waals surface area contributed by atoms with Crippen LogP contribution >= 0.6 is 12.4 Å². The van der Waals surface area contributed by atoms with Crippen LogP contribution in [-0.4, -0.2) is 30.4 Å². The van der Waals surface area contributed by atoms with Crippen molar-refractivity contribution in [2.75, 3.05) is 13.6 Å². The molecule has 0 saturated carbocycles. The molecule has 4 heteroatoms. The van der Waals surface area contributed by atoms with E-state index in [-0.39, 0.29) is 30.3 Å². The zero-order valence-electron chi connectivity index (χ0n) is 11.2. The second-order valence-corrected chi connectivity index (χ2v) is 4.77. The number of nitrogens with two attached hydrogens (primary N) is 1. The number of hydrogen-bond donors (Lipinski definition) is 1. The molecule has 0 radical (unpaired) electrons. The van der Waals surface area contributed by atoms with Gasteiger partial charge in [0, 0.05) is 25.6 Å². The van der Waals surface area contributed by atoms with Gasteiger partial charge in [0.05, 0.1) is 0 Å². The van der Waals surface area contributed by atoms with Crippen LogP contribution in [0, 0.1) is 11.8 Å². The molecule has 0 heterocycles. The van der Waals surface area contributed by atoms with Gasteiger partial charge in [-0.3, -0.25) is 4.79 Å². The smallest absolute Gasteiger partial charge is 0.225 e. The lowest BCUT2D eigenvalue weighted by molar-refractivity contribution is -0.133. The van der Waals surface area contributed by atoms with Gasteiger partial charge in [0.1, 0.15) is 0 Å². The highest BCUT2D eigenvalue weighted by Crippen LogP contribution is 2.08. The monoisotopic (exact) mass is 250 g/mol. The average Bonchev–Trinajstić information content (AvgIpc) is 2.22. The summed E-state index contributed by atoms with van der Waals surface area (Å²) in [6, 6.07) is 0.192. The van der Waals surface area contributed by atoms with Crippen LogP contribution in [0.5, 0.6) is 0 Å². The van der Waals surface area contributed by atoms with E-state index in [2.05, 4.69) is 13.8 Å². The molecular weight excluding hydrogens is 224 g/mol. The van der Waals surface area contributed by atoms with Crippen LogP contribution in [0.1, 0.15) is 40.5 Å². The molecule has 0 bridgehead atoms. The van der Waals surface area contributed by atoms with Gasteiger partial charge in [-0.15, -0.1) is 12.4 Å². The first kappa shape index (κ1) is 18.1. The molecule has 0 aromatic rings. The SMILES string of the molecule is CCC(C)C(=O)N(C)CCC(N)C(C)C.Cl. The molecule has 0 aliphatic carbocycles. The highest BCUT2D eigenvalue weighted by molar-refractivity contribution is 5.85. The zero-order valence-corrected chi connectivity index (χ0v) is 12.0. The van der Waals surface area contributed by atoms with Crippen molar-refractivity contribution in [3.8, 4) is 0 Å². The van der Waals surface area contributed by atoms with Crippen LogP contribution in [0.4, 0.5) is 0 Å². The Morgan fingerprint density at radius 2 is 1.81 bits per heavy atom. The molecule has 2 N–H and O–H groups in total. The summed E-state index contributed by atoms with van der Waals surface area (Å²) < 4.78 is 0. The second-order valence-electron chi connectivity index (χ2n) is 4.77. The maximum absolute atomic E-state index is 11.7. The summed E-state index contributed by atoms with van der Waals surface area (Å²) in [5.41, 5.74) is 5.94. The lowest BCUT2D eigenvalue weighted by Gasteiger charge is -2.23. The fraction of sp³-hybridized carbons (Fsp3) is 0.917. The largest absolute Gasteiger partial charge is 0.345 e. The van der Waals surface area contributed by atoms with Gasteiger partial charge in [-0.1, -0.05) is 27.7 Å². The van der Waals surface area contributed by atoms with Gasteiger partial charge < -0.3 is 10.6 Å². The molecule has 3 nitrogen and oxygen atoms in total. The number of halogens is 1. The number of hydrogen-bond acceptors (Lipinski definition) is 2. The summed E-state index contributed by atoms with van der Waals surface area (Å²) in [6.45, 7) is 9.00. The summed E-state index contributed by atoms with van der Waals surface area (Å²) in [4.78, 5) is 13.5. The van der Waals surface area contributed by atoms with Crippen LogP contribution in [0.25, 0.3) is 0 Å². The Kier molecular flexibility index (Phi) is 9.98. The third kappa shape index (κ3) is 6.33. The Bertz CT molecular complexity index is 197. The first-order chi connectivity index (χ1) is 6.90. The van der Waals surface area contributed by atoms with Crippen molar-refractivity contribution in [2.24, 2.45) is 17.6 Å². The summed E-state index contributed by atoms with van der Waals surface area (Å²) in [5, 5.41) is 0. The van der Waals surface area contributed by atoms with Gasteiger partial charge in [0.25, 0.3) is 0 Å². The molecule has 0 aliphatic rings. The Hall–Kier alpha value is -0.280. The van der Waals surface area contributed by atoms with E-state index in [1.165, 1.54) is 0 Å². The standard InChI is InChI=1S/C12H26N2O.ClH/c1-6-10(4)12(15)14(5)8-7-11(13)9(2)3;/h9-11H,6-8,13H2,1-5H3;1H. The van der Waals surface area contributed by atoms with Gasteiger partial charge in [-0.2, -0.15) is 0 Å². The van der Waals surface area contributed by atoms with Crippen molar-refractivity contribution in [3.05, 3.63) is 0 Å². The number of amides is 1. The third-order valence-corrected chi connectivity index (χ3v) is 3.06. The summed E-state index contributed by atoms with van der Waals surface area (Å²) >= 11 is 0. The van der Waals surface area contributed by atoms with Crippen LogP contribution in [0.2, 0.25) is 0 Å². The number of nitrogens with zero attached hydrogens (tertiary/aromatic N) is 1. The lowest BCUT2D eigenvalue weighted by Crippen LogP contribution is -2.36. The fourth-order valence-electron chi connectivity index (χ4n) is 1.34. The zero-order chi connectivity index (χ0) is 12.0. The molecular formula is C12H27ClN2O. The minimum Gasteiger partial charge on any atom is -0.345 e. The van der Waals surface area contributed by atoms with E-state index in [1.807, 2.05) is 20.9 Å². The van der Waals surface area contributed by atoms with E-state index >= 15 is 0 Å². The summed E-state index contributed by atoms with van der Waals surface area (Å²) in [5.74, 6) is 0.843. The van der Waals surface area contributed by atoms with Gasteiger partial charge in [-0.05, 0) is 18.8 Å². The number of rotatable bonds is 6. The minimum absolute atomic E-state index is 0. The summed E-state index contributed by atoms with van der Waals surface area (Å²) in [7, 11) is 1.86. The van der Waals surface area contributed by atoms with Crippen LogP contribution in [0.15, 0.2) is 0 Å². The Morgan fingerprint density at radius 1 is 1.31 bits per heavy atom. The molecule has 2 unspecified atom stereocenters. The van der Waals surface area contributed by atoms with Crippen molar-refractivity contribution in [1.29, 1.82) is 0 Å². The van der Waals surface area contributed by atoms with E-state index in [0.29, 0.717) is 5.92 Å². The molecule has 0 spiro atoms. The highest BCUT2D eigenvalue weighted by atomic mass is 35.5. The molecule has 0 aromatic heterocycles. The Morgan fingerprint density at radius 3 is 2.19 bits per heavy atom. The molecule has 2 atom stereocenters. The molecule has 0 fully saturated rings. The predicted octanol–water partition coefficient (Wildman–Crippen LogP) is 2.29. The normalized spacial score (nSPS) is 14.2. The quantitative estimate of drug-likeness (QED) is 0.786. The molecule has 0 saturated heterocycles. The number of carbonyl (C=O) groups is 1. The molecule has 0 rings (SSSR count). The van der Waals surface area contributed by atoms with Gasteiger partial charge in [0.15, 0.2) is 0 Å². The fourth-order valence-corrected chi connectivity index (χ4v) is 1.34. The molecule has 98 valence electrons. The molecule has 0 aliphatic heterocycles. The van der Waals surface area contributed by atoms with E-state index < -0.39 is 0 Å². The van der Waals surface area contributed by atoms with E-state index in [9.17, 15) is 4.79 Å². The Labute approximate surface area is 106 Å². The van der Waals surface area contributed by atoms with Crippen LogP contribution in [0.3, 0.4) is 0 Å². The highest BCUT2D eigenvalue weighted by Gasteiger charge is 2.16. The van der Waals surface area contributed by atoms with E-state index in [0.717, 1.165) is 19.4 Å². The first-order valence-electron chi connectivity index (χ1n) is 5.90. The van der Waals surface area contributed by atoms with Gasteiger partial charge >= 0.3 is 0 Å². The van der Waals surface area contributed by atoms with E-state index in [4.69, 9.17) is 5.73 Å². The Balaban J connectivity index is 0. The minimum atomic E-state index is 0. The van der Waals surface area contributed by atoms with Gasteiger partial charge in [0.2, 0.25) is 5.91 Å². The van der Waals surface area contributed by atoms with Gasteiger partial charge in [-0.25, -0.2) is 0 Å². The number of carbonyl (C=O) groups excluding carboxylic acids is 1. The predicted molar refractivity (Wildman–Crippen MR) is 71.8 cm³/mol. The van der Waals surface area contributed by atoms with Crippen LogP contribution in [-0.2, 0) is 4.79 Å². The summed E-state index contributed by atoms with van der Waals surface area (Å²) in [6.07, 6.45) is 1.79. The van der Waals surface area contributed by atoms with Crippen LogP contribution < -0.4 is 5.73 Å². The van der Waals surface area contributed by atoms with Crippen molar-refractivity contribution >= 4 is 18.3 Å². The lowest BCUT2D eigenvalue weighted by atomic mass is 10.0. The van der Waals surface area contributed by atoms with Crippen molar-refractivity contribution < 1.29 is 4.79 Å². The maximum Gasteiger partial charge on any atom is 0.225 e. The topological polar surface area (TPSA) is 46.3 Å². The second kappa shape index (κ2) is 8.82. The van der Waals surface area contributed by atoms with E-state index in [1.54, 1.807) is 4.90 Å². The molecule has 16 heavy (non-hydrogen) atoms. The first-order valence-corrected chi connectivity index (χ1v) is 5.90. The molecule has 0 aromatic carbocycles. The third-order valence-electron chi connectivity index (χ3n) is 3.06. The van der Waals surface area contributed by atoms with Crippen molar-refractivity contribution in [2.45, 2.75) is 46.6 Å². The van der Waals surface area contributed by atoms with Crippen molar-refractivity contribution in [3.63, 3.8) is 0 Å². The molecule has 1 amide bonds. The van der Waals surface area contributed by atoms with Crippen molar-refractivity contribution in [1.82, 2.24) is 4.90 Å². The maximum atomic E-state index is 11.7.